The van der Waals surface area contributed by atoms with Crippen LogP contribution in [0, 0.1) is 0 Å². The van der Waals surface area contributed by atoms with Crippen molar-refractivity contribution in [2.45, 2.75) is 26.2 Å². The lowest BCUT2D eigenvalue weighted by Crippen LogP contribution is -2.31. The van der Waals surface area contributed by atoms with E-state index in [2.05, 4.69) is 25.8 Å². The molecule has 2 aromatic heterocycles. The number of nitrogens with zero attached hydrogens (tertiary/aromatic N) is 3. The molecule has 0 saturated carbocycles. The van der Waals surface area contributed by atoms with Gasteiger partial charge in [0.25, 0.3) is 11.5 Å². The molecule has 3 heterocycles. The van der Waals surface area contributed by atoms with Gasteiger partial charge in [-0.25, -0.2) is 0 Å². The third-order valence-electron chi connectivity index (χ3n) is 5.34. The molecule has 0 radical (unpaired) electrons. The molecule has 0 spiro atoms. The molecule has 34 heavy (non-hydrogen) atoms. The SMILES string of the molecule is COCCN1C(=O)/C(=C/c2c(Oc3ccc(C(C)(C)C)cc3)nc3ccccn3c2=O)SC1=S. The molecule has 0 atom stereocenters. The van der Waals surface area contributed by atoms with Crippen LogP contribution in [0.15, 0.2) is 58.4 Å². The van der Waals surface area contributed by atoms with Gasteiger partial charge in [-0.3, -0.25) is 18.9 Å². The number of hydrogen-bond donors (Lipinski definition) is 0. The van der Waals surface area contributed by atoms with E-state index < -0.39 is 0 Å². The van der Waals surface area contributed by atoms with E-state index in [1.807, 2.05) is 24.3 Å². The zero-order valence-corrected chi connectivity index (χ0v) is 21.0. The number of fused-ring (bicyclic) bond motifs is 1. The van der Waals surface area contributed by atoms with Crippen molar-refractivity contribution in [3.8, 4) is 11.6 Å². The van der Waals surface area contributed by atoms with Crippen molar-refractivity contribution in [3.63, 3.8) is 0 Å². The minimum absolute atomic E-state index is 0.00129. The Hall–Kier alpha value is -3.01. The predicted octanol–water partition coefficient (Wildman–Crippen LogP) is 4.63. The molecule has 1 saturated heterocycles. The first-order valence-electron chi connectivity index (χ1n) is 10.7. The second kappa shape index (κ2) is 9.69. The summed E-state index contributed by atoms with van der Waals surface area (Å²) < 4.78 is 13.0. The van der Waals surface area contributed by atoms with Gasteiger partial charge in [0.15, 0.2) is 0 Å². The van der Waals surface area contributed by atoms with Gasteiger partial charge in [0.05, 0.1) is 18.1 Å². The fraction of sp³-hybridized carbons (Fsp3) is 0.280. The van der Waals surface area contributed by atoms with Crippen LogP contribution in [0.1, 0.15) is 31.9 Å². The first-order chi connectivity index (χ1) is 16.2. The minimum Gasteiger partial charge on any atom is -0.438 e. The van der Waals surface area contributed by atoms with Crippen LogP contribution in [0.25, 0.3) is 11.7 Å². The Labute approximate surface area is 207 Å². The molecule has 1 aromatic carbocycles. The second-order valence-corrected chi connectivity index (χ2v) is 10.4. The normalized spacial score (nSPS) is 15.5. The summed E-state index contributed by atoms with van der Waals surface area (Å²) in [6.45, 7) is 7.11. The average Bonchev–Trinajstić information content (AvgIpc) is 3.07. The number of thioether (sulfide) groups is 1. The Bertz CT molecular complexity index is 1340. The van der Waals surface area contributed by atoms with Gasteiger partial charge in [0.1, 0.15) is 21.3 Å². The molecule has 9 heteroatoms. The smallest absolute Gasteiger partial charge is 0.269 e. The van der Waals surface area contributed by atoms with Crippen LogP contribution in [-0.4, -0.2) is 44.8 Å². The van der Waals surface area contributed by atoms with Crippen LogP contribution in [0.4, 0.5) is 0 Å². The lowest BCUT2D eigenvalue weighted by molar-refractivity contribution is -0.122. The average molecular weight is 496 g/mol. The molecule has 4 rings (SSSR count). The number of pyridine rings is 1. The molecule has 0 unspecified atom stereocenters. The van der Waals surface area contributed by atoms with E-state index in [0.29, 0.717) is 33.8 Å². The third kappa shape index (κ3) is 4.91. The van der Waals surface area contributed by atoms with Gasteiger partial charge < -0.3 is 9.47 Å². The summed E-state index contributed by atoms with van der Waals surface area (Å²) in [7, 11) is 1.56. The van der Waals surface area contributed by atoms with Gasteiger partial charge in [0.2, 0.25) is 5.88 Å². The molecule has 1 fully saturated rings. The van der Waals surface area contributed by atoms with E-state index in [4.69, 9.17) is 21.7 Å². The van der Waals surface area contributed by atoms with E-state index in [-0.39, 0.29) is 28.3 Å². The van der Waals surface area contributed by atoms with Crippen LogP contribution in [0.5, 0.6) is 11.6 Å². The van der Waals surface area contributed by atoms with E-state index >= 15 is 0 Å². The van der Waals surface area contributed by atoms with E-state index in [1.54, 1.807) is 31.5 Å². The molecular formula is C25H25N3O4S2. The number of carbonyl (C=O) groups is 1. The maximum atomic E-state index is 13.4. The molecule has 1 aliphatic heterocycles. The number of amides is 1. The second-order valence-electron chi connectivity index (χ2n) is 8.77. The topological polar surface area (TPSA) is 73.1 Å². The summed E-state index contributed by atoms with van der Waals surface area (Å²) in [6, 6.07) is 12.9. The highest BCUT2D eigenvalue weighted by atomic mass is 32.2. The van der Waals surface area contributed by atoms with Gasteiger partial charge in [0, 0.05) is 13.3 Å². The lowest BCUT2D eigenvalue weighted by atomic mass is 9.87. The zero-order chi connectivity index (χ0) is 24.5. The first kappa shape index (κ1) is 24.1. The highest BCUT2D eigenvalue weighted by Gasteiger charge is 2.32. The highest BCUT2D eigenvalue weighted by Crippen LogP contribution is 2.34. The van der Waals surface area contributed by atoms with Gasteiger partial charge in [-0.2, -0.15) is 4.98 Å². The largest absolute Gasteiger partial charge is 0.438 e. The quantitative estimate of drug-likeness (QED) is 0.365. The fourth-order valence-corrected chi connectivity index (χ4v) is 4.72. The van der Waals surface area contributed by atoms with E-state index in [9.17, 15) is 9.59 Å². The van der Waals surface area contributed by atoms with Crippen molar-refractivity contribution < 1.29 is 14.3 Å². The summed E-state index contributed by atoms with van der Waals surface area (Å²) in [4.78, 5) is 32.7. The molecule has 0 N–H and O–H groups in total. The van der Waals surface area contributed by atoms with Gasteiger partial charge in [-0.05, 0) is 41.3 Å². The summed E-state index contributed by atoms with van der Waals surface area (Å²) in [5.74, 6) is 0.398. The molecule has 1 aliphatic rings. The number of benzene rings is 1. The Morgan fingerprint density at radius 2 is 1.85 bits per heavy atom. The van der Waals surface area contributed by atoms with Crippen LogP contribution in [0.2, 0.25) is 0 Å². The van der Waals surface area contributed by atoms with E-state index in [0.717, 1.165) is 17.3 Å². The maximum absolute atomic E-state index is 13.4. The van der Waals surface area contributed by atoms with Crippen molar-refractivity contribution in [1.82, 2.24) is 14.3 Å². The number of thiocarbonyl (C=S) groups is 1. The van der Waals surface area contributed by atoms with Gasteiger partial charge >= 0.3 is 0 Å². The highest BCUT2D eigenvalue weighted by molar-refractivity contribution is 8.26. The molecule has 1 amide bonds. The van der Waals surface area contributed by atoms with Crippen LogP contribution >= 0.6 is 24.0 Å². The van der Waals surface area contributed by atoms with Crippen molar-refractivity contribution in [3.05, 3.63) is 75.0 Å². The molecule has 7 nitrogen and oxygen atoms in total. The third-order valence-corrected chi connectivity index (χ3v) is 6.71. The number of carbonyl (C=O) groups excluding carboxylic acids is 1. The molecule has 0 bridgehead atoms. The molecule has 0 aliphatic carbocycles. The van der Waals surface area contributed by atoms with Gasteiger partial charge in [-0.15, -0.1) is 0 Å². The number of ether oxygens (including phenoxy) is 2. The van der Waals surface area contributed by atoms with Crippen molar-refractivity contribution in [1.29, 1.82) is 0 Å². The monoisotopic (exact) mass is 495 g/mol. The fourth-order valence-electron chi connectivity index (χ4n) is 3.42. The first-order valence-corrected chi connectivity index (χ1v) is 12.0. The van der Waals surface area contributed by atoms with Gasteiger partial charge in [-0.1, -0.05) is 63.0 Å². The summed E-state index contributed by atoms with van der Waals surface area (Å²) >= 11 is 6.50. The Kier molecular flexibility index (Phi) is 6.88. The molecule has 176 valence electrons. The Morgan fingerprint density at radius 1 is 1.12 bits per heavy atom. The molecular weight excluding hydrogens is 470 g/mol. The van der Waals surface area contributed by atoms with Crippen LogP contribution in [-0.2, 0) is 14.9 Å². The minimum atomic E-state index is -0.339. The molecule has 3 aromatic rings. The van der Waals surface area contributed by atoms with Crippen molar-refractivity contribution in [2.75, 3.05) is 20.3 Å². The number of aromatic nitrogens is 2. The number of hydrogen-bond acceptors (Lipinski definition) is 7. The number of methoxy groups -OCH3 is 1. The zero-order valence-electron chi connectivity index (χ0n) is 19.4. The Morgan fingerprint density at radius 3 is 2.53 bits per heavy atom. The number of rotatable bonds is 6. The standard InChI is InChI=1S/C25H25N3O4S2/c1-25(2,3)16-8-10-17(11-9-16)32-21-18(22(29)27-12-6-5-7-20(27)26-21)15-19-23(30)28(13-14-31-4)24(33)34-19/h5-12,15H,13-14H2,1-4H3/b19-15-. The van der Waals surface area contributed by atoms with Crippen molar-refractivity contribution in [2.24, 2.45) is 0 Å². The summed E-state index contributed by atoms with van der Waals surface area (Å²) in [5.41, 5.74) is 1.44. The summed E-state index contributed by atoms with van der Waals surface area (Å²) in [6.07, 6.45) is 3.15. The van der Waals surface area contributed by atoms with Crippen LogP contribution < -0.4 is 10.3 Å². The van der Waals surface area contributed by atoms with Crippen molar-refractivity contribution >= 4 is 45.9 Å². The lowest BCUT2D eigenvalue weighted by Gasteiger charge is -2.19. The van der Waals surface area contributed by atoms with E-state index in [1.165, 1.54) is 15.4 Å². The Balaban J connectivity index is 1.77. The summed E-state index contributed by atoms with van der Waals surface area (Å²) in [5, 5.41) is 0. The van der Waals surface area contributed by atoms with Crippen LogP contribution in [0.3, 0.4) is 0 Å². The maximum Gasteiger partial charge on any atom is 0.269 e. The predicted molar refractivity (Wildman–Crippen MR) is 138 cm³/mol.